The average molecular weight is 820 g/mol. The Kier molecular flexibility index (Phi) is 20.1. The van der Waals surface area contributed by atoms with Crippen molar-refractivity contribution in [3.63, 3.8) is 0 Å². The van der Waals surface area contributed by atoms with Crippen molar-refractivity contribution in [3.05, 3.63) is 120 Å². The summed E-state index contributed by atoms with van der Waals surface area (Å²) in [4.78, 5) is 11.7. The molecule has 0 N–H and O–H groups in total. The Hall–Kier alpha value is -2.49. The molecule has 0 saturated carbocycles. The van der Waals surface area contributed by atoms with E-state index in [2.05, 4.69) is 63.2 Å². The van der Waals surface area contributed by atoms with Gasteiger partial charge in [0, 0.05) is 0 Å². The Morgan fingerprint density at radius 3 is 1.63 bits per heavy atom. The molecule has 7 heteroatoms. The minimum absolute atomic E-state index is 0.322. The topological polar surface area (TPSA) is 63.2 Å². The molecule has 284 valence electrons. The van der Waals surface area contributed by atoms with Gasteiger partial charge in [-0.05, 0) is 0 Å². The van der Waals surface area contributed by atoms with E-state index < -0.39 is 42.8 Å². The Bertz CT molecular complexity index is 1350. The number of allylic oxidation sites excluding steroid dienone is 1. The summed E-state index contributed by atoms with van der Waals surface area (Å²) < 4.78 is 39.1. The zero-order valence-electron chi connectivity index (χ0n) is 32.0. The summed E-state index contributed by atoms with van der Waals surface area (Å²) in [6.45, 7) is 8.56. The van der Waals surface area contributed by atoms with Crippen molar-refractivity contribution in [2.45, 2.75) is 140 Å². The number of ether oxygens (including phenoxy) is 5. The third kappa shape index (κ3) is 14.4. The maximum absolute atomic E-state index is 11.7. The molecule has 1 saturated heterocycles. The summed E-state index contributed by atoms with van der Waals surface area (Å²) in [5, 5.41) is 0. The fourth-order valence-electron chi connectivity index (χ4n) is 7.33. The molecule has 52 heavy (non-hydrogen) atoms. The zero-order valence-corrected chi connectivity index (χ0v) is 34.9. The first kappa shape index (κ1) is 42.3. The van der Waals surface area contributed by atoms with Crippen LogP contribution in [-0.2, 0) is 48.3 Å². The summed E-state index contributed by atoms with van der Waals surface area (Å²) in [5.41, 5.74) is 3.25. The summed E-state index contributed by atoms with van der Waals surface area (Å²) in [6, 6.07) is 30.6. The molecule has 0 spiro atoms. The van der Waals surface area contributed by atoms with Gasteiger partial charge in [-0.15, -0.1) is 0 Å². The van der Waals surface area contributed by atoms with Crippen LogP contribution in [0.1, 0.15) is 88.8 Å². The van der Waals surface area contributed by atoms with E-state index in [-0.39, 0.29) is 6.10 Å². The molecule has 0 aromatic heterocycles. The SMILES string of the molecule is CCC[CH2][Sn]([CH2]/C=C\O[C@@H]1[C@@H](OCc2ccccc2)[C@H](OCc2ccccc2)[C@@H](COCc2ccccc2)O[C@H]1CCC=O)([CH2]CCC)[CH2]CCC. The molecule has 3 aromatic rings. The van der Waals surface area contributed by atoms with Gasteiger partial charge in [0.25, 0.3) is 0 Å². The van der Waals surface area contributed by atoms with E-state index in [0.717, 1.165) is 23.0 Å². The van der Waals surface area contributed by atoms with E-state index in [0.29, 0.717) is 39.3 Å². The van der Waals surface area contributed by atoms with E-state index in [1.165, 1.54) is 56.3 Å². The van der Waals surface area contributed by atoms with Crippen LogP contribution in [0.3, 0.4) is 0 Å². The Morgan fingerprint density at radius 2 is 1.13 bits per heavy atom. The van der Waals surface area contributed by atoms with E-state index >= 15 is 0 Å². The summed E-state index contributed by atoms with van der Waals surface area (Å²) in [5.74, 6) is 0. The number of unbranched alkanes of at least 4 members (excludes halogenated alkanes) is 3. The van der Waals surface area contributed by atoms with Crippen LogP contribution in [0.4, 0.5) is 0 Å². The van der Waals surface area contributed by atoms with Crippen molar-refractivity contribution in [3.8, 4) is 0 Å². The second kappa shape index (κ2) is 24.8. The molecule has 0 amide bonds. The normalized spacial score (nSPS) is 20.6. The molecule has 5 atom stereocenters. The summed E-state index contributed by atoms with van der Waals surface area (Å²) in [6.07, 6.45) is 11.8. The Balaban J connectivity index is 1.62. The first-order chi connectivity index (χ1) is 25.6. The third-order valence-corrected chi connectivity index (χ3v) is 25.6. The molecular formula is C45H64O6Sn. The second-order valence-electron chi connectivity index (χ2n) is 14.5. The van der Waals surface area contributed by atoms with Crippen LogP contribution in [0.15, 0.2) is 103 Å². The number of carbonyl (C=O) groups is 1. The van der Waals surface area contributed by atoms with Crippen LogP contribution in [0.2, 0.25) is 17.7 Å². The maximum atomic E-state index is 11.7. The zero-order chi connectivity index (χ0) is 36.7. The predicted octanol–water partition coefficient (Wildman–Crippen LogP) is 10.9. The van der Waals surface area contributed by atoms with Crippen LogP contribution in [0, 0.1) is 0 Å². The van der Waals surface area contributed by atoms with Crippen LogP contribution < -0.4 is 0 Å². The van der Waals surface area contributed by atoms with Gasteiger partial charge in [0.15, 0.2) is 0 Å². The van der Waals surface area contributed by atoms with Gasteiger partial charge < -0.3 is 0 Å². The molecule has 1 aliphatic heterocycles. The van der Waals surface area contributed by atoms with Crippen molar-refractivity contribution in [2.24, 2.45) is 0 Å². The van der Waals surface area contributed by atoms with Crippen molar-refractivity contribution >= 4 is 24.7 Å². The molecule has 0 aliphatic carbocycles. The van der Waals surface area contributed by atoms with Gasteiger partial charge >= 0.3 is 284 Å². The minimum atomic E-state index is -2.40. The molecule has 3 aromatic carbocycles. The molecule has 1 fully saturated rings. The van der Waals surface area contributed by atoms with E-state index in [1.807, 2.05) is 60.9 Å². The number of hydrogen-bond donors (Lipinski definition) is 0. The summed E-state index contributed by atoms with van der Waals surface area (Å²) in [7, 11) is 0. The molecule has 0 bridgehead atoms. The molecule has 0 unspecified atom stereocenters. The number of benzene rings is 3. The van der Waals surface area contributed by atoms with Crippen molar-refractivity contribution in [1.29, 1.82) is 0 Å². The Morgan fingerprint density at radius 1 is 0.635 bits per heavy atom. The van der Waals surface area contributed by atoms with Crippen LogP contribution >= 0.6 is 0 Å². The average Bonchev–Trinajstić information content (AvgIpc) is 3.19. The van der Waals surface area contributed by atoms with Gasteiger partial charge in [-0.1, -0.05) is 36.4 Å². The van der Waals surface area contributed by atoms with Gasteiger partial charge in [0.1, 0.15) is 0 Å². The van der Waals surface area contributed by atoms with E-state index in [4.69, 9.17) is 23.7 Å². The molecular weight excluding hydrogens is 755 g/mol. The van der Waals surface area contributed by atoms with Crippen LogP contribution in [0.25, 0.3) is 0 Å². The van der Waals surface area contributed by atoms with Gasteiger partial charge in [-0.25, -0.2) is 0 Å². The van der Waals surface area contributed by atoms with Crippen LogP contribution in [-0.4, -0.2) is 61.8 Å². The second-order valence-corrected chi connectivity index (χ2v) is 28.5. The van der Waals surface area contributed by atoms with Gasteiger partial charge in [0.2, 0.25) is 0 Å². The predicted molar refractivity (Wildman–Crippen MR) is 214 cm³/mol. The van der Waals surface area contributed by atoms with Gasteiger partial charge in [0.05, 0.1) is 0 Å². The Labute approximate surface area is 318 Å². The number of aldehydes is 1. The van der Waals surface area contributed by atoms with Crippen molar-refractivity contribution < 1.29 is 28.5 Å². The fraction of sp³-hybridized carbons (Fsp3) is 0.533. The first-order valence-electron chi connectivity index (χ1n) is 19.9. The number of rotatable bonds is 26. The van der Waals surface area contributed by atoms with E-state index in [1.54, 1.807) is 0 Å². The van der Waals surface area contributed by atoms with Crippen molar-refractivity contribution in [2.75, 3.05) is 6.61 Å². The van der Waals surface area contributed by atoms with E-state index in [9.17, 15) is 4.79 Å². The van der Waals surface area contributed by atoms with Crippen molar-refractivity contribution in [1.82, 2.24) is 0 Å². The molecule has 4 rings (SSSR count). The molecule has 6 nitrogen and oxygen atoms in total. The number of carbonyl (C=O) groups excluding carboxylic acids is 1. The quantitative estimate of drug-likeness (QED) is 0.0457. The van der Waals surface area contributed by atoms with Gasteiger partial charge in [-0.3, -0.25) is 0 Å². The summed E-state index contributed by atoms with van der Waals surface area (Å²) >= 11 is -2.40. The van der Waals surface area contributed by atoms with Crippen LogP contribution in [0.5, 0.6) is 0 Å². The monoisotopic (exact) mass is 820 g/mol. The third-order valence-electron chi connectivity index (χ3n) is 10.3. The molecule has 1 heterocycles. The first-order valence-corrected chi connectivity index (χ1v) is 28.0. The van der Waals surface area contributed by atoms with Gasteiger partial charge in [-0.2, -0.15) is 0 Å². The number of hydrogen-bond acceptors (Lipinski definition) is 6. The molecule has 1 aliphatic rings. The standard InChI is InChI=1S/C33H37O6.3C4H9.Sn/c1-2-21-36-31-29(19-12-20-34)39-30(25-35-22-26-13-6-3-7-14-26)32(37-23-27-15-8-4-9-16-27)33(31)38-24-28-17-10-5-11-18-28;3*1-3-4-2;/h2-11,13-18,20-21,29-33H,1,12,19,22-25H2;3*1,3-4H2,2H3;/b21-2-;;;;/t29-,30+,31-,32+,33+;;;;/m0..../s1. The fourth-order valence-corrected chi connectivity index (χ4v) is 22.4. The molecule has 0 radical (unpaired) electrons.